The molecule has 3 aromatic rings. The Bertz CT molecular complexity index is 1040. The molecule has 1 atom stereocenters. The number of piperidine rings is 3. The average molecular weight is 571 g/mol. The molecule has 3 aliphatic heterocycles. The number of ketones is 1. The third-order valence-electron chi connectivity index (χ3n) is 7.71. The van der Waals surface area contributed by atoms with Crippen LogP contribution in [0.15, 0.2) is 89.4 Å². The van der Waals surface area contributed by atoms with Crippen LogP contribution in [0.5, 0.6) is 0 Å². The lowest BCUT2D eigenvalue weighted by atomic mass is 9.64. The lowest BCUT2D eigenvalue weighted by Gasteiger charge is -2.56. The van der Waals surface area contributed by atoms with Crippen LogP contribution in [0.4, 0.5) is 0 Å². The van der Waals surface area contributed by atoms with Crippen molar-refractivity contribution in [2.45, 2.75) is 18.4 Å². The highest BCUT2D eigenvalue weighted by Gasteiger charge is 2.55. The monoisotopic (exact) mass is 569 g/mol. The van der Waals surface area contributed by atoms with Gasteiger partial charge >= 0.3 is 0 Å². The molecular formula is C28H29Br2NO2. The summed E-state index contributed by atoms with van der Waals surface area (Å²) in [5.41, 5.74) is 1.61. The standard InChI is InChI=1S/C28H29BrNO2.BrH/c29-25-13-11-22(12-14-25)27(31)20-30-17-15-21(16-18-30)26(19-30)28(32,23-7-3-1-4-8-23)24-9-5-2-6-10-24;/h1-14,21,26,32H,15-20H2;1H/q+1;/p-1. The predicted molar refractivity (Wildman–Crippen MR) is 130 cm³/mol. The summed E-state index contributed by atoms with van der Waals surface area (Å²) in [6.45, 7) is 3.37. The summed E-state index contributed by atoms with van der Waals surface area (Å²) in [7, 11) is 0. The summed E-state index contributed by atoms with van der Waals surface area (Å²) in [6, 6.07) is 27.9. The molecule has 0 radical (unpaired) electrons. The molecule has 0 saturated carbocycles. The Hall–Kier alpha value is -1.79. The van der Waals surface area contributed by atoms with Crippen molar-refractivity contribution in [3.63, 3.8) is 0 Å². The lowest BCUT2D eigenvalue weighted by molar-refractivity contribution is -0.940. The van der Waals surface area contributed by atoms with E-state index in [4.69, 9.17) is 0 Å². The maximum absolute atomic E-state index is 13.2. The first-order valence-electron chi connectivity index (χ1n) is 11.5. The van der Waals surface area contributed by atoms with Gasteiger partial charge in [-0.25, -0.2) is 0 Å². The molecule has 3 fully saturated rings. The molecule has 2 bridgehead atoms. The average Bonchev–Trinajstić information content (AvgIpc) is 2.85. The number of carbonyl (C=O) groups excluding carboxylic acids is 1. The van der Waals surface area contributed by atoms with Gasteiger partial charge in [0.15, 0.2) is 0 Å². The number of nitrogens with zero attached hydrogens (tertiary/aromatic N) is 1. The number of hydrogen-bond donors (Lipinski definition) is 1. The molecule has 6 rings (SSSR count). The smallest absolute Gasteiger partial charge is 0.216 e. The van der Waals surface area contributed by atoms with Crippen LogP contribution >= 0.6 is 15.9 Å². The minimum atomic E-state index is -1.06. The Labute approximate surface area is 214 Å². The van der Waals surface area contributed by atoms with E-state index in [0.29, 0.717) is 12.5 Å². The van der Waals surface area contributed by atoms with Crippen LogP contribution in [0, 0.1) is 11.8 Å². The van der Waals surface area contributed by atoms with E-state index < -0.39 is 5.60 Å². The van der Waals surface area contributed by atoms with Crippen LogP contribution in [0.25, 0.3) is 0 Å². The number of rotatable bonds is 6. The van der Waals surface area contributed by atoms with Crippen LogP contribution in [0.2, 0.25) is 0 Å². The van der Waals surface area contributed by atoms with Crippen LogP contribution in [-0.2, 0) is 5.60 Å². The molecule has 1 N–H and O–H groups in total. The minimum Gasteiger partial charge on any atom is -1.00 e. The van der Waals surface area contributed by atoms with Gasteiger partial charge in [0.2, 0.25) is 5.78 Å². The lowest BCUT2D eigenvalue weighted by Crippen LogP contribution is -3.00. The van der Waals surface area contributed by atoms with Gasteiger partial charge in [-0.05, 0) is 29.2 Å². The van der Waals surface area contributed by atoms with Gasteiger partial charge in [0.25, 0.3) is 0 Å². The van der Waals surface area contributed by atoms with Gasteiger partial charge in [-0.1, -0.05) is 88.7 Å². The van der Waals surface area contributed by atoms with Crippen molar-refractivity contribution in [3.05, 3.63) is 106 Å². The number of aliphatic hydroxyl groups is 1. The van der Waals surface area contributed by atoms with Crippen LogP contribution in [0.3, 0.4) is 0 Å². The zero-order chi connectivity index (χ0) is 22.2. The zero-order valence-corrected chi connectivity index (χ0v) is 21.7. The van der Waals surface area contributed by atoms with Crippen molar-refractivity contribution < 1.29 is 31.4 Å². The fourth-order valence-corrected chi connectivity index (χ4v) is 6.26. The molecule has 0 aliphatic carbocycles. The van der Waals surface area contributed by atoms with Gasteiger partial charge in [-0.15, -0.1) is 0 Å². The number of fused-ring (bicyclic) bond motifs is 3. The van der Waals surface area contributed by atoms with E-state index in [1.165, 1.54) is 0 Å². The molecule has 0 aromatic heterocycles. The highest BCUT2D eigenvalue weighted by molar-refractivity contribution is 9.10. The zero-order valence-electron chi connectivity index (χ0n) is 18.5. The topological polar surface area (TPSA) is 37.3 Å². The molecule has 3 heterocycles. The van der Waals surface area contributed by atoms with Gasteiger partial charge in [-0.2, -0.15) is 0 Å². The molecule has 3 saturated heterocycles. The number of Topliss-reactive ketones (excluding diaryl/α,β-unsaturated/α-hetero) is 1. The van der Waals surface area contributed by atoms with Crippen LogP contribution in [0.1, 0.15) is 34.3 Å². The second kappa shape index (κ2) is 9.83. The van der Waals surface area contributed by atoms with Gasteiger partial charge in [-0.3, -0.25) is 4.79 Å². The number of carbonyl (C=O) groups is 1. The maximum Gasteiger partial charge on any atom is 0.216 e. The third kappa shape index (κ3) is 4.61. The highest BCUT2D eigenvalue weighted by Crippen LogP contribution is 2.49. The number of hydrogen-bond acceptors (Lipinski definition) is 2. The molecule has 3 aromatic carbocycles. The third-order valence-corrected chi connectivity index (χ3v) is 8.24. The molecule has 33 heavy (non-hydrogen) atoms. The summed E-state index contributed by atoms with van der Waals surface area (Å²) >= 11 is 3.45. The Morgan fingerprint density at radius 1 is 0.879 bits per heavy atom. The minimum absolute atomic E-state index is 0. The summed E-state index contributed by atoms with van der Waals surface area (Å²) in [5, 5.41) is 12.4. The molecular weight excluding hydrogens is 542 g/mol. The van der Waals surface area contributed by atoms with E-state index >= 15 is 0 Å². The van der Waals surface area contributed by atoms with E-state index in [1.54, 1.807) is 0 Å². The van der Waals surface area contributed by atoms with Crippen molar-refractivity contribution in [2.75, 3.05) is 26.2 Å². The normalized spacial score (nSPS) is 24.2. The van der Waals surface area contributed by atoms with E-state index in [-0.39, 0.29) is 28.7 Å². The largest absolute Gasteiger partial charge is 1.00 e. The Morgan fingerprint density at radius 2 is 1.39 bits per heavy atom. The second-order valence-electron chi connectivity index (χ2n) is 9.50. The number of halogens is 2. The Balaban J connectivity index is 0.00000259. The Morgan fingerprint density at radius 3 is 1.91 bits per heavy atom. The number of quaternary nitrogens is 1. The van der Waals surface area contributed by atoms with E-state index in [1.807, 2.05) is 84.9 Å². The van der Waals surface area contributed by atoms with Crippen LogP contribution in [-0.4, -0.2) is 41.6 Å². The summed E-state index contributed by atoms with van der Waals surface area (Å²) in [4.78, 5) is 13.2. The quantitative estimate of drug-likeness (QED) is 0.365. The SMILES string of the molecule is O=C(C[N+]12CCC(CC1)C(C(O)(c1ccccc1)c1ccccc1)C2)c1ccc(Br)cc1.[Br-]. The van der Waals surface area contributed by atoms with Crippen molar-refractivity contribution in [1.82, 2.24) is 0 Å². The fourth-order valence-electron chi connectivity index (χ4n) is 5.99. The highest BCUT2D eigenvalue weighted by atomic mass is 79.9. The van der Waals surface area contributed by atoms with Gasteiger partial charge in [0.1, 0.15) is 12.1 Å². The first-order valence-corrected chi connectivity index (χ1v) is 12.3. The predicted octanol–water partition coefficient (Wildman–Crippen LogP) is 2.43. The fraction of sp³-hybridized carbons (Fsp3) is 0.321. The molecule has 3 nitrogen and oxygen atoms in total. The maximum atomic E-state index is 13.2. The first-order chi connectivity index (χ1) is 15.5. The van der Waals surface area contributed by atoms with Gasteiger partial charge in [0.05, 0.1) is 19.6 Å². The first kappa shape index (κ1) is 24.3. The summed E-state index contributed by atoms with van der Waals surface area (Å²) in [5.74, 6) is 0.732. The molecule has 172 valence electrons. The summed E-state index contributed by atoms with van der Waals surface area (Å²) < 4.78 is 1.76. The summed E-state index contributed by atoms with van der Waals surface area (Å²) in [6.07, 6.45) is 2.11. The van der Waals surface area contributed by atoms with Crippen molar-refractivity contribution in [2.24, 2.45) is 11.8 Å². The molecule has 3 aliphatic rings. The molecule has 5 heteroatoms. The molecule has 0 amide bonds. The van der Waals surface area contributed by atoms with Gasteiger partial charge in [0, 0.05) is 28.8 Å². The second-order valence-corrected chi connectivity index (χ2v) is 10.4. The van der Waals surface area contributed by atoms with E-state index in [0.717, 1.165) is 58.1 Å². The van der Waals surface area contributed by atoms with E-state index in [9.17, 15) is 9.90 Å². The van der Waals surface area contributed by atoms with Crippen LogP contribution < -0.4 is 17.0 Å². The Kier molecular flexibility index (Phi) is 7.25. The van der Waals surface area contributed by atoms with E-state index in [2.05, 4.69) is 15.9 Å². The van der Waals surface area contributed by atoms with Crippen molar-refractivity contribution in [1.29, 1.82) is 0 Å². The van der Waals surface area contributed by atoms with Crippen molar-refractivity contribution >= 4 is 21.7 Å². The number of benzene rings is 3. The van der Waals surface area contributed by atoms with Crippen molar-refractivity contribution in [3.8, 4) is 0 Å². The molecule has 1 unspecified atom stereocenters. The molecule has 0 spiro atoms. The van der Waals surface area contributed by atoms with Gasteiger partial charge < -0.3 is 26.6 Å².